The van der Waals surface area contributed by atoms with Gasteiger partial charge in [0.1, 0.15) is 0 Å². The van der Waals surface area contributed by atoms with Gasteiger partial charge in [0, 0.05) is 36.7 Å². The number of tetrazole rings is 1. The van der Waals surface area contributed by atoms with Crippen molar-refractivity contribution < 1.29 is 14.2 Å². The first kappa shape index (κ1) is 25.7. The third kappa shape index (κ3) is 5.50. The highest BCUT2D eigenvalue weighted by atomic mass is 16.5. The fourth-order valence-electron chi connectivity index (χ4n) is 5.88. The minimum atomic E-state index is -0.112. The summed E-state index contributed by atoms with van der Waals surface area (Å²) in [6.45, 7) is 4.14. The Labute approximate surface area is 217 Å². The average molecular weight is 511 g/mol. The summed E-state index contributed by atoms with van der Waals surface area (Å²) in [6, 6.07) is 5.97. The molecule has 1 aromatic carbocycles. The van der Waals surface area contributed by atoms with Gasteiger partial charge in [0.2, 0.25) is 0 Å². The summed E-state index contributed by atoms with van der Waals surface area (Å²) in [5.41, 5.74) is 1.29. The second kappa shape index (κ2) is 11.6. The number of fused-ring (bicyclic) bond motifs is 1. The molecule has 0 amide bonds. The van der Waals surface area contributed by atoms with E-state index in [2.05, 4.69) is 37.0 Å². The van der Waals surface area contributed by atoms with Crippen molar-refractivity contribution >= 4 is 10.9 Å². The lowest BCUT2D eigenvalue weighted by atomic mass is 9.95. The van der Waals surface area contributed by atoms with Crippen molar-refractivity contribution in [1.29, 1.82) is 0 Å². The average Bonchev–Trinajstić information content (AvgIpc) is 3.62. The molecule has 37 heavy (non-hydrogen) atoms. The fraction of sp³-hybridized carbons (Fsp3) is 0.630. The largest absolute Gasteiger partial charge is 0.493 e. The van der Waals surface area contributed by atoms with Gasteiger partial charge in [0.25, 0.3) is 5.56 Å². The Balaban J connectivity index is 1.49. The number of pyridine rings is 1. The molecule has 2 atom stereocenters. The number of nitrogens with zero attached hydrogens (tertiary/aromatic N) is 5. The molecule has 2 aliphatic rings. The van der Waals surface area contributed by atoms with Gasteiger partial charge in [-0.25, -0.2) is 4.68 Å². The van der Waals surface area contributed by atoms with E-state index in [1.165, 1.54) is 19.3 Å². The number of aromatic nitrogens is 5. The van der Waals surface area contributed by atoms with E-state index in [9.17, 15) is 4.79 Å². The van der Waals surface area contributed by atoms with Crippen molar-refractivity contribution in [1.82, 2.24) is 30.1 Å². The highest BCUT2D eigenvalue weighted by molar-refractivity contribution is 5.83. The van der Waals surface area contributed by atoms with Crippen LogP contribution in [0.1, 0.15) is 81.8 Å². The lowest BCUT2D eigenvalue weighted by Gasteiger charge is -2.33. The van der Waals surface area contributed by atoms with Crippen LogP contribution in [0.25, 0.3) is 10.9 Å². The van der Waals surface area contributed by atoms with Crippen LogP contribution in [-0.2, 0) is 11.3 Å². The Morgan fingerprint density at radius 2 is 1.89 bits per heavy atom. The van der Waals surface area contributed by atoms with Gasteiger partial charge in [-0.15, -0.1) is 5.10 Å². The summed E-state index contributed by atoms with van der Waals surface area (Å²) in [6.07, 6.45) is 8.96. The van der Waals surface area contributed by atoms with Crippen LogP contribution in [-0.4, -0.2) is 63.6 Å². The SMILES string of the molecule is CC[C@@H](c1nnnn1C1CCCCC1)N(Cc1cc2cc(OC)c(OC)cc2[nH]c1=O)C[C@@H]1CCCO1. The zero-order valence-corrected chi connectivity index (χ0v) is 22.1. The van der Waals surface area contributed by atoms with E-state index in [0.717, 1.165) is 56.5 Å². The third-order valence-corrected chi connectivity index (χ3v) is 7.83. The highest BCUT2D eigenvalue weighted by Crippen LogP contribution is 2.34. The maximum Gasteiger partial charge on any atom is 0.252 e. The van der Waals surface area contributed by atoms with E-state index in [0.29, 0.717) is 35.2 Å². The number of methoxy groups -OCH3 is 2. The molecule has 1 saturated heterocycles. The minimum absolute atomic E-state index is 0.0263. The van der Waals surface area contributed by atoms with Crippen molar-refractivity contribution in [3.63, 3.8) is 0 Å². The highest BCUT2D eigenvalue weighted by Gasteiger charge is 2.31. The predicted octanol–water partition coefficient (Wildman–Crippen LogP) is 4.17. The Morgan fingerprint density at radius 1 is 1.11 bits per heavy atom. The zero-order valence-electron chi connectivity index (χ0n) is 22.1. The molecular formula is C27H38N6O4. The molecule has 1 aliphatic heterocycles. The van der Waals surface area contributed by atoms with Crippen molar-refractivity contribution in [3.8, 4) is 11.5 Å². The zero-order chi connectivity index (χ0) is 25.8. The number of aromatic amines is 1. The van der Waals surface area contributed by atoms with Crippen molar-refractivity contribution in [2.75, 3.05) is 27.4 Å². The molecule has 2 aromatic heterocycles. The van der Waals surface area contributed by atoms with Gasteiger partial charge >= 0.3 is 0 Å². The van der Waals surface area contributed by atoms with E-state index in [-0.39, 0.29) is 17.7 Å². The molecule has 1 saturated carbocycles. The molecule has 3 aromatic rings. The molecule has 10 heteroatoms. The van der Waals surface area contributed by atoms with Crippen molar-refractivity contribution in [2.45, 2.75) is 83.0 Å². The first-order valence-electron chi connectivity index (χ1n) is 13.5. The monoisotopic (exact) mass is 510 g/mol. The van der Waals surface area contributed by atoms with Gasteiger partial charge in [-0.05, 0) is 54.7 Å². The van der Waals surface area contributed by atoms with Crippen LogP contribution in [0.15, 0.2) is 23.0 Å². The van der Waals surface area contributed by atoms with Gasteiger partial charge in [-0.2, -0.15) is 0 Å². The Morgan fingerprint density at radius 3 is 2.59 bits per heavy atom. The smallest absolute Gasteiger partial charge is 0.252 e. The number of H-pyrrole nitrogens is 1. The lowest BCUT2D eigenvalue weighted by molar-refractivity contribution is 0.0481. The van der Waals surface area contributed by atoms with Crippen LogP contribution in [0.4, 0.5) is 0 Å². The molecule has 3 heterocycles. The summed E-state index contributed by atoms with van der Waals surface area (Å²) < 4.78 is 19.0. The molecule has 0 radical (unpaired) electrons. The van der Waals surface area contributed by atoms with E-state index in [1.807, 2.05) is 12.1 Å². The Bertz CT molecular complexity index is 1250. The molecule has 5 rings (SSSR count). The van der Waals surface area contributed by atoms with Gasteiger partial charge in [0.05, 0.1) is 37.9 Å². The Kier molecular flexibility index (Phi) is 8.05. The molecule has 0 spiro atoms. The third-order valence-electron chi connectivity index (χ3n) is 7.83. The Hall–Kier alpha value is -2.98. The molecule has 0 unspecified atom stereocenters. The van der Waals surface area contributed by atoms with Crippen molar-refractivity contribution in [2.24, 2.45) is 0 Å². The predicted molar refractivity (Wildman–Crippen MR) is 140 cm³/mol. The van der Waals surface area contributed by atoms with Gasteiger partial charge in [-0.1, -0.05) is 26.2 Å². The molecule has 2 fully saturated rings. The molecule has 10 nitrogen and oxygen atoms in total. The van der Waals surface area contributed by atoms with Crippen LogP contribution in [0.3, 0.4) is 0 Å². The molecule has 0 bridgehead atoms. The molecule has 200 valence electrons. The summed E-state index contributed by atoms with van der Waals surface area (Å²) in [5, 5.41) is 13.9. The second-order valence-electron chi connectivity index (χ2n) is 10.2. The lowest BCUT2D eigenvalue weighted by Crippen LogP contribution is -2.38. The van der Waals surface area contributed by atoms with E-state index < -0.39 is 0 Å². The number of hydrogen-bond acceptors (Lipinski definition) is 8. The van der Waals surface area contributed by atoms with Crippen LogP contribution in [0, 0.1) is 0 Å². The first-order chi connectivity index (χ1) is 18.1. The second-order valence-corrected chi connectivity index (χ2v) is 10.2. The maximum atomic E-state index is 13.2. The molecule has 1 N–H and O–H groups in total. The minimum Gasteiger partial charge on any atom is -0.493 e. The van der Waals surface area contributed by atoms with E-state index in [1.54, 1.807) is 20.3 Å². The topological polar surface area (TPSA) is 107 Å². The van der Waals surface area contributed by atoms with E-state index in [4.69, 9.17) is 14.2 Å². The maximum absolute atomic E-state index is 13.2. The van der Waals surface area contributed by atoms with E-state index >= 15 is 0 Å². The molecule has 1 aliphatic carbocycles. The van der Waals surface area contributed by atoms with Crippen LogP contribution in [0.5, 0.6) is 11.5 Å². The van der Waals surface area contributed by atoms with Gasteiger partial charge in [0.15, 0.2) is 17.3 Å². The normalized spacial score (nSPS) is 19.5. The quantitative estimate of drug-likeness (QED) is 0.433. The fourth-order valence-corrected chi connectivity index (χ4v) is 5.88. The van der Waals surface area contributed by atoms with Crippen LogP contribution < -0.4 is 15.0 Å². The first-order valence-corrected chi connectivity index (χ1v) is 13.5. The standard InChI is InChI=1S/C27H38N6O4/c1-4-23(26-29-30-31-33(26)20-9-6-5-7-10-20)32(17-21-11-8-12-37-21)16-19-13-18-14-24(35-2)25(36-3)15-22(18)28-27(19)34/h13-15,20-21,23H,4-12,16-17H2,1-3H3,(H,28,34)/t21-,23-/m0/s1. The van der Waals surface area contributed by atoms with Crippen molar-refractivity contribution in [3.05, 3.63) is 39.9 Å². The summed E-state index contributed by atoms with van der Waals surface area (Å²) >= 11 is 0. The summed E-state index contributed by atoms with van der Waals surface area (Å²) in [7, 11) is 3.20. The van der Waals surface area contributed by atoms with Gasteiger partial charge < -0.3 is 19.2 Å². The molecular weight excluding hydrogens is 472 g/mol. The summed E-state index contributed by atoms with van der Waals surface area (Å²) in [5.74, 6) is 2.09. The number of hydrogen-bond donors (Lipinski definition) is 1. The summed E-state index contributed by atoms with van der Waals surface area (Å²) in [4.78, 5) is 18.6. The number of benzene rings is 1. The number of ether oxygens (including phenoxy) is 3. The van der Waals surface area contributed by atoms with Crippen LogP contribution >= 0.6 is 0 Å². The number of rotatable bonds is 10. The van der Waals surface area contributed by atoms with Gasteiger partial charge in [-0.3, -0.25) is 9.69 Å². The van der Waals surface area contributed by atoms with Crippen LogP contribution in [0.2, 0.25) is 0 Å². The number of nitrogens with one attached hydrogen (secondary N) is 1.